The van der Waals surface area contributed by atoms with Gasteiger partial charge in [0.1, 0.15) is 0 Å². The molecular weight excluding hydrogens is 284 g/mol. The summed E-state index contributed by atoms with van der Waals surface area (Å²) in [6.45, 7) is 2.11. The van der Waals surface area contributed by atoms with Gasteiger partial charge in [-0.25, -0.2) is 0 Å². The van der Waals surface area contributed by atoms with E-state index in [0.717, 1.165) is 31.3 Å². The van der Waals surface area contributed by atoms with Crippen molar-refractivity contribution in [1.29, 1.82) is 5.41 Å². The zero-order valence-electron chi connectivity index (χ0n) is 10.8. The number of nitrogens with one attached hydrogen (secondary N) is 1. The Morgan fingerprint density at radius 2 is 2.05 bits per heavy atom. The van der Waals surface area contributed by atoms with Gasteiger partial charge in [-0.05, 0) is 5.56 Å². The van der Waals surface area contributed by atoms with Gasteiger partial charge in [-0.2, -0.15) is 19.6 Å². The van der Waals surface area contributed by atoms with Crippen LogP contribution < -0.4 is 51.4 Å². The van der Waals surface area contributed by atoms with Crippen LogP contribution in [0.5, 0.6) is 0 Å². The number of alkyl halides is 3. The molecule has 1 rings (SSSR count). The first kappa shape index (κ1) is 21.2. The van der Waals surface area contributed by atoms with E-state index in [0.29, 0.717) is 0 Å². The van der Waals surface area contributed by atoms with E-state index in [1.807, 2.05) is 0 Å². The summed E-state index contributed by atoms with van der Waals surface area (Å²) >= 11 is 0. The fraction of sp³-hybridized carbons (Fsp3) is 0.417. The molecule has 3 nitrogen and oxygen atoms in total. The molecule has 1 heterocycles. The third-order valence-corrected chi connectivity index (χ3v) is 1.89. The van der Waals surface area contributed by atoms with Crippen molar-refractivity contribution < 1.29 is 69.4 Å². The number of aromatic nitrogens is 1. The van der Waals surface area contributed by atoms with E-state index in [9.17, 15) is 18.0 Å². The average Bonchev–Trinajstić information content (AvgIpc) is 2.36. The first-order chi connectivity index (χ1) is 8.47. The van der Waals surface area contributed by atoms with E-state index >= 15 is 0 Å². The summed E-state index contributed by atoms with van der Waals surface area (Å²) in [5.74, 6) is 0. The van der Waals surface area contributed by atoms with E-state index in [1.54, 1.807) is 0 Å². The Labute approximate surface area is 152 Å². The molecule has 0 unspecified atom stereocenters. The maximum Gasteiger partial charge on any atom is 1.00 e. The maximum atomic E-state index is 12.0. The van der Waals surface area contributed by atoms with Crippen molar-refractivity contribution in [3.63, 3.8) is 0 Å². The minimum absolute atomic E-state index is 0. The van der Waals surface area contributed by atoms with Crippen LogP contribution in [0.2, 0.25) is 0 Å². The van der Waals surface area contributed by atoms with Gasteiger partial charge in [-0.3, -0.25) is 0 Å². The first-order valence-electron chi connectivity index (χ1n) is 5.26. The van der Waals surface area contributed by atoms with Crippen molar-refractivity contribution in [2.24, 2.45) is 0 Å². The Morgan fingerprint density at radius 1 is 1.42 bits per heavy atom. The molecule has 0 saturated heterocycles. The molecule has 0 aliphatic rings. The number of unbranched alkanes of at least 4 members (excludes halogenated alkanes) is 2. The molecule has 100 valence electrons. The maximum absolute atomic E-state index is 12.0. The standard InChI is InChI=1S/C7H3F3NO.C5H10N.K/c8-7(9,10)6-1-2-11-3-5(6)4-12;1-2-3-4-5-6;/h1-3H;6H,2-4H2,1H3;/q2*-1;+1. The second-order valence-corrected chi connectivity index (χ2v) is 3.30. The van der Waals surface area contributed by atoms with Gasteiger partial charge in [-0.15, -0.1) is 5.56 Å². The summed E-state index contributed by atoms with van der Waals surface area (Å²) in [6.07, 6.45) is 3.89. The Kier molecular flexibility index (Phi) is 13.1. The van der Waals surface area contributed by atoms with Crippen molar-refractivity contribution in [3.05, 3.63) is 29.6 Å². The van der Waals surface area contributed by atoms with Gasteiger partial charge in [0.15, 0.2) is 0 Å². The van der Waals surface area contributed by atoms with Gasteiger partial charge in [0.05, 0.1) is 6.29 Å². The fourth-order valence-corrected chi connectivity index (χ4v) is 0.988. The van der Waals surface area contributed by atoms with Crippen molar-refractivity contribution >= 4 is 12.5 Å². The molecule has 7 heteroatoms. The van der Waals surface area contributed by atoms with Crippen LogP contribution in [0.25, 0.3) is 0 Å². The van der Waals surface area contributed by atoms with E-state index in [-0.39, 0.29) is 51.4 Å². The Hall–Kier alpha value is -0.0836. The van der Waals surface area contributed by atoms with Crippen LogP contribution in [-0.4, -0.2) is 17.5 Å². The molecule has 1 N–H and O–H groups in total. The third-order valence-electron chi connectivity index (χ3n) is 1.89. The molecule has 0 aliphatic heterocycles. The molecular formula is C12H13F3KN2O-. The number of rotatable bonds is 4. The number of pyridine rings is 1. The van der Waals surface area contributed by atoms with E-state index in [4.69, 9.17) is 5.41 Å². The molecule has 1 aromatic heterocycles. The van der Waals surface area contributed by atoms with Gasteiger partial charge in [0.2, 0.25) is 0 Å². The molecule has 0 saturated carbocycles. The van der Waals surface area contributed by atoms with Crippen LogP contribution in [0.1, 0.15) is 37.3 Å². The fourth-order valence-electron chi connectivity index (χ4n) is 0.988. The zero-order chi connectivity index (χ0) is 14.0. The number of halogens is 3. The molecule has 0 atom stereocenters. The average molecular weight is 297 g/mol. The predicted octanol–water partition coefficient (Wildman–Crippen LogP) is 0.265. The van der Waals surface area contributed by atoms with Crippen LogP contribution in [-0.2, 0) is 11.0 Å². The van der Waals surface area contributed by atoms with Crippen molar-refractivity contribution in [2.75, 3.05) is 0 Å². The van der Waals surface area contributed by atoms with E-state index in [2.05, 4.69) is 18.1 Å². The number of hydrogen-bond acceptors (Lipinski definition) is 3. The number of nitrogens with zero attached hydrogens (tertiary/aromatic N) is 1. The monoisotopic (exact) mass is 297 g/mol. The Morgan fingerprint density at radius 3 is 2.37 bits per heavy atom. The van der Waals surface area contributed by atoms with Crippen molar-refractivity contribution in [1.82, 2.24) is 4.98 Å². The zero-order valence-corrected chi connectivity index (χ0v) is 14.0. The molecule has 0 radical (unpaired) electrons. The summed E-state index contributed by atoms with van der Waals surface area (Å²) in [6, 6.07) is 0.736. The minimum Gasteiger partial charge on any atom is -0.519 e. The van der Waals surface area contributed by atoms with Crippen molar-refractivity contribution in [2.45, 2.75) is 32.4 Å². The molecule has 0 spiro atoms. The SMILES string of the molecule is CCCC[C-]=N.O=[C-]c1cnccc1C(F)(F)F.[K+]. The van der Waals surface area contributed by atoms with Crippen LogP contribution >= 0.6 is 0 Å². The Bertz CT molecular complexity index is 383. The quantitative estimate of drug-likeness (QED) is 0.375. The first-order valence-corrected chi connectivity index (χ1v) is 5.26. The summed E-state index contributed by atoms with van der Waals surface area (Å²) in [5, 5.41) is 6.46. The molecule has 0 amide bonds. The van der Waals surface area contributed by atoms with Crippen LogP contribution in [0.4, 0.5) is 13.2 Å². The van der Waals surface area contributed by atoms with Gasteiger partial charge in [0, 0.05) is 6.20 Å². The summed E-state index contributed by atoms with van der Waals surface area (Å²) in [7, 11) is 0. The van der Waals surface area contributed by atoms with Crippen molar-refractivity contribution in [3.8, 4) is 0 Å². The van der Waals surface area contributed by atoms with Crippen LogP contribution in [0, 0.1) is 5.41 Å². The normalized spacial score (nSPS) is 9.68. The summed E-state index contributed by atoms with van der Waals surface area (Å²) in [5.41, 5.74) is -1.57. The molecule has 0 aromatic carbocycles. The Balaban J connectivity index is 0. The second kappa shape index (κ2) is 11.7. The summed E-state index contributed by atoms with van der Waals surface area (Å²) in [4.78, 5) is 13.4. The molecule has 0 fully saturated rings. The third kappa shape index (κ3) is 9.45. The van der Waals surface area contributed by atoms with Crippen LogP contribution in [0.3, 0.4) is 0 Å². The number of hydrogen-bond donors (Lipinski definition) is 1. The van der Waals surface area contributed by atoms with Gasteiger partial charge >= 0.3 is 57.6 Å². The predicted molar refractivity (Wildman–Crippen MR) is 61.3 cm³/mol. The number of carbonyl (C=O) groups excluding carboxylic acids is 1. The van der Waals surface area contributed by atoms with Gasteiger partial charge in [-0.1, -0.05) is 32.0 Å². The smallest absolute Gasteiger partial charge is 0.519 e. The minimum atomic E-state index is -4.52. The largest absolute Gasteiger partial charge is 1.00 e. The molecule has 0 bridgehead atoms. The molecule has 0 aliphatic carbocycles. The molecule has 19 heavy (non-hydrogen) atoms. The van der Waals surface area contributed by atoms with Gasteiger partial charge < -0.3 is 21.4 Å². The second-order valence-electron chi connectivity index (χ2n) is 3.30. The van der Waals surface area contributed by atoms with E-state index in [1.165, 1.54) is 12.7 Å². The summed E-state index contributed by atoms with van der Waals surface area (Å²) < 4.78 is 36.1. The van der Waals surface area contributed by atoms with Gasteiger partial charge in [0.25, 0.3) is 0 Å². The van der Waals surface area contributed by atoms with E-state index < -0.39 is 17.3 Å². The topological polar surface area (TPSA) is 53.8 Å². The molecule has 1 aromatic rings. The van der Waals surface area contributed by atoms with Crippen LogP contribution in [0.15, 0.2) is 18.5 Å².